The number of nitrogens with two attached hydrogens (primary N) is 2. The number of benzene rings is 2. The monoisotopic (exact) mass is 493 g/mol. The normalized spacial score (nSPS) is 24.1. The molecule has 6 rings (SSSR count). The van der Waals surface area contributed by atoms with Crippen molar-refractivity contribution < 1.29 is 0 Å². The van der Waals surface area contributed by atoms with Crippen LogP contribution in [0.2, 0.25) is 0 Å². The number of fused-ring (bicyclic) bond motifs is 1. The third kappa shape index (κ3) is 4.84. The van der Waals surface area contributed by atoms with Gasteiger partial charge in [0.15, 0.2) is 0 Å². The molecule has 3 aliphatic rings. The Bertz CT molecular complexity index is 1360. The van der Waals surface area contributed by atoms with Gasteiger partial charge in [-0.3, -0.25) is 4.90 Å². The van der Waals surface area contributed by atoms with Gasteiger partial charge < -0.3 is 21.3 Å². The maximum atomic E-state index is 6.79. The molecule has 1 aliphatic carbocycles. The summed E-state index contributed by atoms with van der Waals surface area (Å²) < 4.78 is 0. The van der Waals surface area contributed by atoms with Crippen LogP contribution < -0.4 is 11.5 Å². The molecule has 0 radical (unpaired) electrons. The zero-order valence-corrected chi connectivity index (χ0v) is 21.4. The molecule has 0 atom stereocenters. The molecule has 3 aromatic rings. The third-order valence-corrected chi connectivity index (χ3v) is 8.04. The van der Waals surface area contributed by atoms with Crippen molar-refractivity contribution in [1.82, 2.24) is 19.7 Å². The average Bonchev–Trinajstić information content (AvgIpc) is 2.91. The SMILES string of the molecule is CN1CCN(C2CC(CN3C=CN=C(N)/C3=C(/N)c3ccc4ccc(-c5ccccc5)nc4c3)C2)CC1. The lowest BCUT2D eigenvalue weighted by Gasteiger charge is -2.47. The quantitative estimate of drug-likeness (QED) is 0.564. The van der Waals surface area contributed by atoms with Crippen LogP contribution in [0.15, 0.2) is 83.8 Å². The molecule has 0 spiro atoms. The van der Waals surface area contributed by atoms with Gasteiger partial charge in [0, 0.05) is 67.7 Å². The molecule has 0 bridgehead atoms. The maximum absolute atomic E-state index is 6.79. The fourth-order valence-electron chi connectivity index (χ4n) is 5.73. The van der Waals surface area contributed by atoms with Crippen molar-refractivity contribution in [2.24, 2.45) is 22.4 Å². The molecule has 1 aromatic heterocycles. The highest BCUT2D eigenvalue weighted by molar-refractivity contribution is 6.04. The molecular weight excluding hydrogens is 458 g/mol. The van der Waals surface area contributed by atoms with Crippen molar-refractivity contribution in [2.75, 3.05) is 39.8 Å². The Morgan fingerprint density at radius 2 is 1.73 bits per heavy atom. The Kier molecular flexibility index (Phi) is 6.40. The van der Waals surface area contributed by atoms with Crippen LogP contribution in [0.1, 0.15) is 18.4 Å². The van der Waals surface area contributed by atoms with Gasteiger partial charge in [0.25, 0.3) is 0 Å². The fraction of sp³-hybridized carbons (Fsp3) is 0.333. The Labute approximate surface area is 218 Å². The van der Waals surface area contributed by atoms with Crippen molar-refractivity contribution in [2.45, 2.75) is 18.9 Å². The second kappa shape index (κ2) is 10.00. The third-order valence-electron chi connectivity index (χ3n) is 8.04. The molecule has 0 unspecified atom stereocenters. The van der Waals surface area contributed by atoms with Gasteiger partial charge in [0.05, 0.1) is 16.9 Å². The van der Waals surface area contributed by atoms with E-state index in [-0.39, 0.29) is 0 Å². The molecule has 2 aliphatic heterocycles. The molecule has 2 fully saturated rings. The Morgan fingerprint density at radius 3 is 2.51 bits per heavy atom. The molecule has 37 heavy (non-hydrogen) atoms. The van der Waals surface area contributed by atoms with E-state index in [1.165, 1.54) is 39.0 Å². The number of nitrogens with zero attached hydrogens (tertiary/aromatic N) is 5. The summed E-state index contributed by atoms with van der Waals surface area (Å²) in [6, 6.07) is 21.3. The van der Waals surface area contributed by atoms with E-state index in [1.54, 1.807) is 6.20 Å². The molecule has 2 aromatic carbocycles. The van der Waals surface area contributed by atoms with Crippen molar-refractivity contribution in [3.05, 3.63) is 84.3 Å². The molecule has 7 nitrogen and oxygen atoms in total. The molecule has 1 saturated carbocycles. The van der Waals surface area contributed by atoms with Gasteiger partial charge in [-0.15, -0.1) is 0 Å². The lowest BCUT2D eigenvalue weighted by molar-refractivity contribution is 0.0345. The van der Waals surface area contributed by atoms with Gasteiger partial charge in [0.2, 0.25) is 0 Å². The van der Waals surface area contributed by atoms with Crippen LogP contribution >= 0.6 is 0 Å². The van der Waals surface area contributed by atoms with Gasteiger partial charge in [-0.1, -0.05) is 48.5 Å². The largest absolute Gasteiger partial charge is 0.396 e. The number of pyridine rings is 1. The Balaban J connectivity index is 1.22. The smallest absolute Gasteiger partial charge is 0.149 e. The summed E-state index contributed by atoms with van der Waals surface area (Å²) in [5.41, 5.74) is 18.5. The predicted octanol–water partition coefficient (Wildman–Crippen LogP) is 3.70. The summed E-state index contributed by atoms with van der Waals surface area (Å²) in [6.45, 7) is 5.59. The molecule has 7 heteroatoms. The zero-order chi connectivity index (χ0) is 25.4. The summed E-state index contributed by atoms with van der Waals surface area (Å²) in [5.74, 6) is 1.08. The van der Waals surface area contributed by atoms with E-state index in [0.717, 1.165) is 40.0 Å². The molecule has 4 N–H and O–H groups in total. The molecule has 0 amide bonds. The second-order valence-corrected chi connectivity index (χ2v) is 10.5. The molecular formula is C30H35N7. The Hall–Kier alpha value is -3.68. The Morgan fingerprint density at radius 1 is 0.973 bits per heavy atom. The van der Waals surface area contributed by atoms with Gasteiger partial charge in [0.1, 0.15) is 11.5 Å². The van der Waals surface area contributed by atoms with Crippen molar-refractivity contribution in [3.63, 3.8) is 0 Å². The summed E-state index contributed by atoms with van der Waals surface area (Å²) >= 11 is 0. The van der Waals surface area contributed by atoms with Crippen molar-refractivity contribution in [1.29, 1.82) is 0 Å². The van der Waals surface area contributed by atoms with E-state index in [4.69, 9.17) is 16.5 Å². The molecule has 3 heterocycles. The van der Waals surface area contributed by atoms with E-state index in [1.807, 2.05) is 30.5 Å². The maximum Gasteiger partial charge on any atom is 0.149 e. The minimum Gasteiger partial charge on any atom is -0.396 e. The summed E-state index contributed by atoms with van der Waals surface area (Å²) in [4.78, 5) is 16.6. The number of hydrogen-bond donors (Lipinski definition) is 2. The highest BCUT2D eigenvalue weighted by Crippen LogP contribution is 2.35. The predicted molar refractivity (Wildman–Crippen MR) is 151 cm³/mol. The summed E-state index contributed by atoms with van der Waals surface area (Å²) in [5, 5.41) is 1.08. The standard InChI is InChI=1S/C30H35N7/c1-35-13-15-36(16-14-35)25-17-21(18-25)20-37-12-11-33-30(32)29(37)28(31)24-8-7-23-9-10-26(34-27(23)19-24)22-5-3-2-4-6-22/h2-12,19,21,25H,13-18,20,31H2,1H3,(H2,32,33)/b29-28-. The minimum absolute atomic E-state index is 0.459. The number of piperazine rings is 1. The van der Waals surface area contributed by atoms with Crippen molar-refractivity contribution >= 4 is 22.4 Å². The number of hydrogen-bond acceptors (Lipinski definition) is 7. The van der Waals surface area contributed by atoms with Crippen molar-refractivity contribution in [3.8, 4) is 11.3 Å². The first kappa shape index (κ1) is 23.7. The second-order valence-electron chi connectivity index (χ2n) is 10.5. The lowest BCUT2D eigenvalue weighted by Crippen LogP contribution is -2.54. The summed E-state index contributed by atoms with van der Waals surface area (Å²) in [7, 11) is 2.21. The zero-order valence-electron chi connectivity index (χ0n) is 21.4. The highest BCUT2D eigenvalue weighted by atomic mass is 15.3. The summed E-state index contributed by atoms with van der Waals surface area (Å²) in [6.07, 6.45) is 6.23. The van der Waals surface area contributed by atoms with E-state index in [0.29, 0.717) is 23.5 Å². The van der Waals surface area contributed by atoms with Gasteiger partial charge in [-0.05, 0) is 37.9 Å². The number of amidine groups is 1. The van der Waals surface area contributed by atoms with Crippen LogP contribution in [0.4, 0.5) is 0 Å². The van der Waals surface area contributed by atoms with Crippen LogP contribution in [-0.2, 0) is 0 Å². The van der Waals surface area contributed by atoms with Crippen LogP contribution in [0, 0.1) is 5.92 Å². The topological polar surface area (TPSA) is 87.0 Å². The van der Waals surface area contributed by atoms with Crippen LogP contribution in [-0.4, -0.2) is 71.3 Å². The first-order valence-electron chi connectivity index (χ1n) is 13.2. The van der Waals surface area contributed by atoms with Gasteiger partial charge >= 0.3 is 0 Å². The van der Waals surface area contributed by atoms with E-state index in [9.17, 15) is 0 Å². The van der Waals surface area contributed by atoms with E-state index in [2.05, 4.69) is 63.1 Å². The fourth-order valence-corrected chi connectivity index (χ4v) is 5.73. The van der Waals surface area contributed by atoms with Crippen LogP contribution in [0.25, 0.3) is 27.9 Å². The van der Waals surface area contributed by atoms with E-state index >= 15 is 0 Å². The minimum atomic E-state index is 0.459. The van der Waals surface area contributed by atoms with Gasteiger partial charge in [-0.25, -0.2) is 9.98 Å². The number of aliphatic imine (C=N–C) groups is 1. The molecule has 190 valence electrons. The van der Waals surface area contributed by atoms with Crippen LogP contribution in [0.3, 0.4) is 0 Å². The van der Waals surface area contributed by atoms with Crippen LogP contribution in [0.5, 0.6) is 0 Å². The molecule has 1 saturated heterocycles. The van der Waals surface area contributed by atoms with Gasteiger partial charge in [-0.2, -0.15) is 0 Å². The van der Waals surface area contributed by atoms with E-state index < -0.39 is 0 Å². The first-order valence-corrected chi connectivity index (χ1v) is 13.2. The highest BCUT2D eigenvalue weighted by Gasteiger charge is 2.36. The number of likely N-dealkylation sites (N-methyl/N-ethyl adjacent to an activating group) is 1. The first-order chi connectivity index (χ1) is 18.0. The number of aromatic nitrogens is 1. The number of rotatable bonds is 5. The lowest BCUT2D eigenvalue weighted by atomic mass is 9.78. The average molecular weight is 494 g/mol.